The van der Waals surface area contributed by atoms with Gasteiger partial charge in [0.1, 0.15) is 17.3 Å². The summed E-state index contributed by atoms with van der Waals surface area (Å²) in [5, 5.41) is 12.3. The number of amides is 1. The number of carbonyl (C=O) groups is 1. The molecule has 0 bridgehead atoms. The molecule has 4 aromatic rings. The molecule has 0 fully saturated rings. The first kappa shape index (κ1) is 20.9. The zero-order valence-electron chi connectivity index (χ0n) is 17.1. The molecule has 32 heavy (non-hydrogen) atoms. The summed E-state index contributed by atoms with van der Waals surface area (Å²) in [7, 11) is 0. The fourth-order valence-electron chi connectivity index (χ4n) is 3.09. The number of phenols is 1. The second-order valence-electron chi connectivity index (χ2n) is 7.13. The van der Waals surface area contributed by atoms with Crippen molar-refractivity contribution >= 4 is 23.9 Å². The van der Waals surface area contributed by atoms with Crippen molar-refractivity contribution in [2.24, 2.45) is 0 Å². The van der Waals surface area contributed by atoms with Crippen LogP contribution in [-0.4, -0.2) is 21.0 Å². The molecule has 0 saturated carbocycles. The fraction of sp³-hybridized carbons (Fsp3) is 0.0385. The average Bonchev–Trinajstić information content (AvgIpc) is 2.81. The topological polar surface area (TPSA) is 75.1 Å². The molecule has 0 unspecified atom stereocenters. The van der Waals surface area contributed by atoms with Crippen molar-refractivity contribution < 1.29 is 14.3 Å². The lowest BCUT2D eigenvalue weighted by Gasteiger charge is -2.10. The molecule has 0 aliphatic carbocycles. The molecule has 0 radical (unpaired) electrons. The number of hydrogen-bond donors (Lipinski definition) is 2. The highest BCUT2D eigenvalue weighted by Crippen LogP contribution is 2.23. The van der Waals surface area contributed by atoms with Crippen LogP contribution in [-0.2, 0) is 11.2 Å². The first-order valence-corrected chi connectivity index (χ1v) is 10.0. The Morgan fingerprint density at radius 2 is 1.66 bits per heavy atom. The Morgan fingerprint density at radius 3 is 2.38 bits per heavy atom. The summed E-state index contributed by atoms with van der Waals surface area (Å²) in [6, 6.07) is 22.2. The highest BCUT2D eigenvalue weighted by molar-refractivity contribution is 5.93. The Bertz CT molecular complexity index is 1240. The summed E-state index contributed by atoms with van der Waals surface area (Å²) < 4.78 is 13.1. The molecule has 4 rings (SSSR count). The van der Waals surface area contributed by atoms with Gasteiger partial charge in [-0.05, 0) is 53.6 Å². The summed E-state index contributed by atoms with van der Waals surface area (Å²) in [6.07, 6.45) is 5.34. The molecule has 1 heterocycles. The number of anilines is 1. The van der Waals surface area contributed by atoms with Crippen LogP contribution in [0.4, 0.5) is 10.2 Å². The monoisotopic (exact) mass is 425 g/mol. The van der Waals surface area contributed by atoms with Crippen molar-refractivity contribution in [2.75, 3.05) is 5.32 Å². The van der Waals surface area contributed by atoms with Gasteiger partial charge in [0.2, 0.25) is 5.91 Å². The number of nitrogens with zero attached hydrogens (tertiary/aromatic N) is 2. The quantitative estimate of drug-likeness (QED) is 0.437. The SMILES string of the molecule is O=C(Cc1ccc(F)cc1)Nc1ncc(-c2ccc(O)cc2)nc1C=Cc1ccccc1. The Labute approximate surface area is 184 Å². The molecule has 0 spiro atoms. The highest BCUT2D eigenvalue weighted by atomic mass is 19.1. The summed E-state index contributed by atoms with van der Waals surface area (Å²) in [6.45, 7) is 0. The van der Waals surface area contributed by atoms with Gasteiger partial charge in [-0.2, -0.15) is 0 Å². The summed E-state index contributed by atoms with van der Waals surface area (Å²) in [4.78, 5) is 21.6. The van der Waals surface area contributed by atoms with Gasteiger partial charge in [-0.25, -0.2) is 14.4 Å². The van der Waals surface area contributed by atoms with Crippen LogP contribution in [0.3, 0.4) is 0 Å². The first-order valence-electron chi connectivity index (χ1n) is 10.0. The predicted octanol–water partition coefficient (Wildman–Crippen LogP) is 5.34. The zero-order chi connectivity index (χ0) is 22.3. The number of rotatable bonds is 6. The summed E-state index contributed by atoms with van der Waals surface area (Å²) in [5.74, 6) is -0.141. The van der Waals surface area contributed by atoms with E-state index in [1.54, 1.807) is 48.7 Å². The number of phenolic OH excluding ortho intramolecular Hbond substituents is 1. The lowest BCUT2D eigenvalue weighted by Crippen LogP contribution is -2.16. The molecule has 1 amide bonds. The van der Waals surface area contributed by atoms with Crippen molar-refractivity contribution in [3.63, 3.8) is 0 Å². The lowest BCUT2D eigenvalue weighted by atomic mass is 10.1. The number of hydrogen-bond acceptors (Lipinski definition) is 4. The summed E-state index contributed by atoms with van der Waals surface area (Å²) in [5.41, 5.74) is 3.56. The normalized spacial score (nSPS) is 10.9. The van der Waals surface area contributed by atoms with Crippen LogP contribution in [0.2, 0.25) is 0 Å². The molecule has 6 heteroatoms. The van der Waals surface area contributed by atoms with E-state index in [0.29, 0.717) is 22.8 Å². The van der Waals surface area contributed by atoms with Crippen molar-refractivity contribution in [1.29, 1.82) is 0 Å². The Morgan fingerprint density at radius 1 is 0.938 bits per heavy atom. The minimum absolute atomic E-state index is 0.0868. The van der Waals surface area contributed by atoms with E-state index in [2.05, 4.69) is 15.3 Å². The third-order valence-corrected chi connectivity index (χ3v) is 4.73. The van der Waals surface area contributed by atoms with Gasteiger partial charge in [-0.15, -0.1) is 0 Å². The average molecular weight is 425 g/mol. The van der Waals surface area contributed by atoms with Crippen molar-refractivity contribution in [3.05, 3.63) is 108 Å². The van der Waals surface area contributed by atoms with E-state index in [0.717, 1.165) is 11.1 Å². The van der Waals surface area contributed by atoms with Gasteiger partial charge >= 0.3 is 0 Å². The maximum atomic E-state index is 13.1. The molecule has 0 aliphatic heterocycles. The minimum atomic E-state index is -0.349. The third kappa shape index (κ3) is 5.43. The van der Waals surface area contributed by atoms with Gasteiger partial charge in [0.15, 0.2) is 5.82 Å². The number of aromatic nitrogens is 2. The summed E-state index contributed by atoms with van der Waals surface area (Å²) >= 11 is 0. The minimum Gasteiger partial charge on any atom is -0.508 e. The van der Waals surface area contributed by atoms with Crippen LogP contribution < -0.4 is 5.32 Å². The van der Waals surface area contributed by atoms with Gasteiger partial charge < -0.3 is 10.4 Å². The number of nitrogens with one attached hydrogen (secondary N) is 1. The molecule has 5 nitrogen and oxygen atoms in total. The number of carbonyl (C=O) groups excluding carboxylic acids is 1. The molecule has 0 saturated heterocycles. The largest absolute Gasteiger partial charge is 0.508 e. The van der Waals surface area contributed by atoms with Crippen LogP contribution >= 0.6 is 0 Å². The van der Waals surface area contributed by atoms with E-state index in [-0.39, 0.29) is 23.9 Å². The standard InChI is InChI=1S/C26H20FN3O2/c27-21-11-6-19(7-12-21)16-25(32)30-26-23(15-8-18-4-2-1-3-5-18)29-24(17-28-26)20-9-13-22(31)14-10-20/h1-15,17,31H,16H2,(H,28,30,32). The van der Waals surface area contributed by atoms with E-state index in [4.69, 9.17) is 0 Å². The molecule has 0 aliphatic rings. The van der Waals surface area contributed by atoms with E-state index in [1.165, 1.54) is 12.1 Å². The maximum Gasteiger partial charge on any atom is 0.230 e. The van der Waals surface area contributed by atoms with Crippen molar-refractivity contribution in [1.82, 2.24) is 9.97 Å². The smallest absolute Gasteiger partial charge is 0.230 e. The van der Waals surface area contributed by atoms with Gasteiger partial charge in [0, 0.05) is 5.56 Å². The first-order chi connectivity index (χ1) is 15.6. The van der Waals surface area contributed by atoms with Crippen LogP contribution in [0.25, 0.3) is 23.4 Å². The van der Waals surface area contributed by atoms with E-state index in [1.807, 2.05) is 36.4 Å². The highest BCUT2D eigenvalue weighted by Gasteiger charge is 2.11. The number of benzene rings is 3. The number of aromatic hydroxyl groups is 1. The maximum absolute atomic E-state index is 13.1. The predicted molar refractivity (Wildman–Crippen MR) is 123 cm³/mol. The molecule has 2 N–H and O–H groups in total. The molecular weight excluding hydrogens is 405 g/mol. The van der Waals surface area contributed by atoms with Crippen molar-refractivity contribution in [2.45, 2.75) is 6.42 Å². The molecule has 0 atom stereocenters. The molecule has 158 valence electrons. The van der Waals surface area contributed by atoms with E-state index < -0.39 is 0 Å². The van der Waals surface area contributed by atoms with E-state index >= 15 is 0 Å². The second-order valence-corrected chi connectivity index (χ2v) is 7.13. The van der Waals surface area contributed by atoms with Gasteiger partial charge in [-0.3, -0.25) is 4.79 Å². The van der Waals surface area contributed by atoms with E-state index in [9.17, 15) is 14.3 Å². The molecule has 3 aromatic carbocycles. The molecular formula is C26H20FN3O2. The van der Waals surface area contributed by atoms with Crippen molar-refractivity contribution in [3.8, 4) is 17.0 Å². The second kappa shape index (κ2) is 9.66. The van der Waals surface area contributed by atoms with Crippen LogP contribution in [0, 0.1) is 5.82 Å². The van der Waals surface area contributed by atoms with Crippen LogP contribution in [0.1, 0.15) is 16.8 Å². The Kier molecular flexibility index (Phi) is 6.32. The zero-order valence-corrected chi connectivity index (χ0v) is 17.1. The van der Waals surface area contributed by atoms with Crippen LogP contribution in [0.15, 0.2) is 85.1 Å². The van der Waals surface area contributed by atoms with Gasteiger partial charge in [0.05, 0.1) is 18.3 Å². The third-order valence-electron chi connectivity index (χ3n) is 4.73. The lowest BCUT2D eigenvalue weighted by molar-refractivity contribution is -0.115. The Hall–Kier alpha value is -4.32. The fourth-order valence-corrected chi connectivity index (χ4v) is 3.09. The Balaban J connectivity index is 1.62. The van der Waals surface area contributed by atoms with Gasteiger partial charge in [0.25, 0.3) is 0 Å². The van der Waals surface area contributed by atoms with Crippen LogP contribution in [0.5, 0.6) is 5.75 Å². The molecule has 1 aromatic heterocycles. The number of halogens is 1. The van der Waals surface area contributed by atoms with Gasteiger partial charge in [-0.1, -0.05) is 48.5 Å².